The van der Waals surface area contributed by atoms with Gasteiger partial charge in [-0.2, -0.15) is 0 Å². The second-order valence-corrected chi connectivity index (χ2v) is 5.50. The number of amides is 1. The van der Waals surface area contributed by atoms with Crippen molar-refractivity contribution in [1.82, 2.24) is 5.32 Å². The third kappa shape index (κ3) is 3.71. The molecular formula is C18H20ClFN2O. The minimum Gasteiger partial charge on any atom is -0.319 e. The molecule has 1 heterocycles. The Morgan fingerprint density at radius 2 is 2.00 bits per heavy atom. The third-order valence-corrected chi connectivity index (χ3v) is 4.02. The zero-order valence-electron chi connectivity index (χ0n) is 13.0. The lowest BCUT2D eigenvalue weighted by Crippen LogP contribution is -2.31. The molecule has 0 saturated carbocycles. The van der Waals surface area contributed by atoms with Gasteiger partial charge in [-0.05, 0) is 54.4 Å². The molecule has 122 valence electrons. The minimum atomic E-state index is -0.234. The van der Waals surface area contributed by atoms with Gasteiger partial charge < -0.3 is 10.2 Å². The van der Waals surface area contributed by atoms with Gasteiger partial charge in [-0.1, -0.05) is 18.2 Å². The molecule has 3 rings (SSSR count). The van der Waals surface area contributed by atoms with Gasteiger partial charge >= 0.3 is 0 Å². The van der Waals surface area contributed by atoms with E-state index in [4.69, 9.17) is 0 Å². The molecule has 1 N–H and O–H groups in total. The van der Waals surface area contributed by atoms with Crippen molar-refractivity contribution in [2.24, 2.45) is 0 Å². The van der Waals surface area contributed by atoms with Crippen LogP contribution in [0.5, 0.6) is 0 Å². The number of halogens is 2. The molecule has 2 aromatic carbocycles. The summed E-state index contributed by atoms with van der Waals surface area (Å²) in [6.07, 6.45) is 1.35. The Kier molecular flexibility index (Phi) is 5.74. The van der Waals surface area contributed by atoms with Gasteiger partial charge in [-0.3, -0.25) is 4.79 Å². The lowest BCUT2D eigenvalue weighted by molar-refractivity contribution is -0.118. The number of nitrogens with one attached hydrogen (secondary N) is 1. The van der Waals surface area contributed by atoms with Crippen LogP contribution in [0, 0.1) is 5.82 Å². The Hall–Kier alpha value is -1.91. The van der Waals surface area contributed by atoms with Crippen LogP contribution in [0.1, 0.15) is 12.0 Å². The Balaban J connectivity index is 0.00000192. The first-order valence-corrected chi connectivity index (χ1v) is 7.53. The summed E-state index contributed by atoms with van der Waals surface area (Å²) in [6.45, 7) is 1.41. The van der Waals surface area contributed by atoms with Crippen molar-refractivity contribution in [1.29, 1.82) is 0 Å². The van der Waals surface area contributed by atoms with Crippen LogP contribution < -0.4 is 10.2 Å². The summed E-state index contributed by atoms with van der Waals surface area (Å²) >= 11 is 0. The molecule has 3 nitrogen and oxygen atoms in total. The summed E-state index contributed by atoms with van der Waals surface area (Å²) in [5.74, 6) is -0.0894. The van der Waals surface area contributed by atoms with E-state index in [1.165, 1.54) is 12.1 Å². The fraction of sp³-hybridized carbons (Fsp3) is 0.278. The first kappa shape index (κ1) is 17.4. The smallest absolute Gasteiger partial charge is 0.228 e. The van der Waals surface area contributed by atoms with Crippen LogP contribution in [0.2, 0.25) is 0 Å². The second-order valence-electron chi connectivity index (χ2n) is 5.50. The molecule has 0 atom stereocenters. The molecule has 0 radical (unpaired) electrons. The van der Waals surface area contributed by atoms with Crippen LogP contribution in [0.15, 0.2) is 42.5 Å². The topological polar surface area (TPSA) is 32.3 Å². The molecule has 0 bridgehead atoms. The lowest BCUT2D eigenvalue weighted by atomic mass is 10.0. The number of rotatable bonds is 4. The highest BCUT2D eigenvalue weighted by atomic mass is 35.5. The Morgan fingerprint density at radius 1 is 1.22 bits per heavy atom. The van der Waals surface area contributed by atoms with E-state index in [1.54, 1.807) is 6.07 Å². The SMILES string of the molecule is CNCCC(=O)N1CCc2cc(-c3cccc(F)c3)ccc21.Cl. The van der Waals surface area contributed by atoms with E-state index >= 15 is 0 Å². The zero-order chi connectivity index (χ0) is 15.5. The second kappa shape index (κ2) is 7.57. The number of carbonyl (C=O) groups excluding carboxylic acids is 1. The number of benzene rings is 2. The van der Waals surface area contributed by atoms with Crippen LogP contribution >= 0.6 is 12.4 Å². The standard InChI is InChI=1S/C18H19FN2O.ClH/c1-20-9-7-18(22)21-10-8-15-11-14(5-6-17(15)21)13-3-2-4-16(19)12-13;/h2-6,11-12,20H,7-10H2,1H3;1H. The van der Waals surface area contributed by atoms with Crippen molar-refractivity contribution in [2.45, 2.75) is 12.8 Å². The molecule has 2 aromatic rings. The summed E-state index contributed by atoms with van der Waals surface area (Å²) in [5.41, 5.74) is 3.99. The van der Waals surface area contributed by atoms with E-state index in [0.29, 0.717) is 13.0 Å². The fourth-order valence-corrected chi connectivity index (χ4v) is 2.88. The number of hydrogen-bond acceptors (Lipinski definition) is 2. The van der Waals surface area contributed by atoms with Crippen molar-refractivity contribution < 1.29 is 9.18 Å². The maximum Gasteiger partial charge on any atom is 0.228 e. The number of nitrogens with zero attached hydrogens (tertiary/aromatic N) is 1. The molecule has 0 unspecified atom stereocenters. The number of carbonyl (C=O) groups is 1. The van der Waals surface area contributed by atoms with Crippen molar-refractivity contribution in [3.8, 4) is 11.1 Å². The van der Waals surface area contributed by atoms with E-state index in [0.717, 1.165) is 35.3 Å². The third-order valence-electron chi connectivity index (χ3n) is 4.02. The van der Waals surface area contributed by atoms with Gasteiger partial charge in [0.25, 0.3) is 0 Å². The fourth-order valence-electron chi connectivity index (χ4n) is 2.88. The number of hydrogen-bond donors (Lipinski definition) is 1. The molecule has 1 aliphatic heterocycles. The van der Waals surface area contributed by atoms with Gasteiger partial charge in [0, 0.05) is 25.2 Å². The first-order valence-electron chi connectivity index (χ1n) is 7.53. The van der Waals surface area contributed by atoms with E-state index in [-0.39, 0.29) is 24.1 Å². The van der Waals surface area contributed by atoms with Crippen LogP contribution in [0.25, 0.3) is 11.1 Å². The summed E-state index contributed by atoms with van der Waals surface area (Å²) < 4.78 is 13.4. The average molecular weight is 335 g/mol. The summed E-state index contributed by atoms with van der Waals surface area (Å²) in [7, 11) is 1.84. The van der Waals surface area contributed by atoms with Gasteiger partial charge in [0.2, 0.25) is 5.91 Å². The molecule has 23 heavy (non-hydrogen) atoms. The number of fused-ring (bicyclic) bond motifs is 1. The van der Waals surface area contributed by atoms with Gasteiger partial charge in [0.15, 0.2) is 0 Å². The van der Waals surface area contributed by atoms with Crippen molar-refractivity contribution in [3.05, 3.63) is 53.8 Å². The molecular weight excluding hydrogens is 315 g/mol. The minimum absolute atomic E-state index is 0. The van der Waals surface area contributed by atoms with Crippen molar-refractivity contribution in [2.75, 3.05) is 25.0 Å². The summed E-state index contributed by atoms with van der Waals surface area (Å²) in [5, 5.41) is 3.00. The van der Waals surface area contributed by atoms with Gasteiger partial charge in [-0.15, -0.1) is 12.4 Å². The van der Waals surface area contributed by atoms with E-state index in [9.17, 15) is 9.18 Å². The van der Waals surface area contributed by atoms with Gasteiger partial charge in [0.05, 0.1) is 0 Å². The molecule has 1 amide bonds. The van der Waals surface area contributed by atoms with Crippen LogP contribution in [-0.4, -0.2) is 26.0 Å². The highest BCUT2D eigenvalue weighted by Gasteiger charge is 2.24. The predicted octanol–water partition coefficient (Wildman–Crippen LogP) is 3.41. The highest BCUT2D eigenvalue weighted by Crippen LogP contribution is 2.32. The highest BCUT2D eigenvalue weighted by molar-refractivity contribution is 5.96. The molecule has 0 aliphatic carbocycles. The zero-order valence-corrected chi connectivity index (χ0v) is 13.8. The molecule has 0 fully saturated rings. The molecule has 1 aliphatic rings. The summed E-state index contributed by atoms with van der Waals surface area (Å²) in [6, 6.07) is 12.6. The van der Waals surface area contributed by atoms with Crippen molar-refractivity contribution >= 4 is 24.0 Å². The average Bonchev–Trinajstić information content (AvgIpc) is 2.95. The van der Waals surface area contributed by atoms with E-state index in [2.05, 4.69) is 11.4 Å². The van der Waals surface area contributed by atoms with E-state index < -0.39 is 0 Å². The maximum absolute atomic E-state index is 13.4. The Labute approximate surface area is 141 Å². The normalized spacial score (nSPS) is 12.7. The number of anilines is 1. The monoisotopic (exact) mass is 334 g/mol. The molecule has 5 heteroatoms. The van der Waals surface area contributed by atoms with Crippen LogP contribution in [0.4, 0.5) is 10.1 Å². The first-order chi connectivity index (χ1) is 10.7. The Bertz CT molecular complexity index is 705. The molecule has 0 saturated heterocycles. The lowest BCUT2D eigenvalue weighted by Gasteiger charge is -2.17. The van der Waals surface area contributed by atoms with Crippen LogP contribution in [-0.2, 0) is 11.2 Å². The van der Waals surface area contributed by atoms with Gasteiger partial charge in [-0.25, -0.2) is 4.39 Å². The quantitative estimate of drug-likeness (QED) is 0.929. The predicted molar refractivity (Wildman–Crippen MR) is 93.7 cm³/mol. The van der Waals surface area contributed by atoms with Crippen molar-refractivity contribution in [3.63, 3.8) is 0 Å². The summed E-state index contributed by atoms with van der Waals surface area (Å²) in [4.78, 5) is 14.1. The maximum atomic E-state index is 13.4. The Morgan fingerprint density at radius 3 is 2.74 bits per heavy atom. The molecule has 0 spiro atoms. The van der Waals surface area contributed by atoms with Crippen LogP contribution in [0.3, 0.4) is 0 Å². The van der Waals surface area contributed by atoms with E-state index in [1.807, 2.05) is 30.1 Å². The largest absolute Gasteiger partial charge is 0.319 e. The van der Waals surface area contributed by atoms with Gasteiger partial charge in [0.1, 0.15) is 5.82 Å². The molecule has 0 aromatic heterocycles.